The van der Waals surface area contributed by atoms with Gasteiger partial charge < -0.3 is 10.6 Å². The van der Waals surface area contributed by atoms with Crippen molar-refractivity contribution >= 4 is 5.96 Å². The summed E-state index contributed by atoms with van der Waals surface area (Å²) in [6, 6.07) is 8.91. The second kappa shape index (κ2) is 9.41. The number of nitrogens with one attached hydrogen (secondary N) is 2. The van der Waals surface area contributed by atoms with Crippen molar-refractivity contribution in [2.45, 2.75) is 46.0 Å². The van der Waals surface area contributed by atoms with Gasteiger partial charge in [0.2, 0.25) is 0 Å². The van der Waals surface area contributed by atoms with E-state index in [0.717, 1.165) is 38.4 Å². The van der Waals surface area contributed by atoms with Gasteiger partial charge in [-0.05, 0) is 36.5 Å². The molecule has 0 bridgehead atoms. The van der Waals surface area contributed by atoms with Crippen LogP contribution < -0.4 is 10.6 Å². The summed E-state index contributed by atoms with van der Waals surface area (Å²) in [7, 11) is 1.94. The lowest BCUT2D eigenvalue weighted by Gasteiger charge is -2.24. The Bertz CT molecular complexity index is 697. The molecule has 142 valence electrons. The quantitative estimate of drug-likeness (QED) is 0.565. The van der Waals surface area contributed by atoms with E-state index in [1.807, 2.05) is 17.9 Å². The zero-order valence-electron chi connectivity index (χ0n) is 16.8. The van der Waals surface area contributed by atoms with Crippen LogP contribution in [0, 0.1) is 0 Å². The highest BCUT2D eigenvalue weighted by Crippen LogP contribution is 2.24. The van der Waals surface area contributed by atoms with Crippen LogP contribution in [0.5, 0.6) is 0 Å². The first-order chi connectivity index (χ1) is 12.4. The monoisotopic (exact) mass is 355 g/mol. The number of aliphatic imine (C=N–C) groups is 1. The Morgan fingerprint density at radius 2 is 1.85 bits per heavy atom. The molecule has 1 aromatic carbocycles. The van der Waals surface area contributed by atoms with Crippen LogP contribution in [0.2, 0.25) is 0 Å². The molecule has 0 aliphatic heterocycles. The maximum atomic E-state index is 4.81. The number of hydrogen-bond donors (Lipinski definition) is 2. The molecule has 5 nitrogen and oxygen atoms in total. The van der Waals surface area contributed by atoms with Crippen LogP contribution >= 0.6 is 0 Å². The first-order valence-corrected chi connectivity index (χ1v) is 9.53. The first kappa shape index (κ1) is 20.0. The number of benzene rings is 1. The molecule has 0 aliphatic carbocycles. The maximum Gasteiger partial charge on any atom is 0.191 e. The van der Waals surface area contributed by atoms with Gasteiger partial charge in [0.05, 0.1) is 12.7 Å². The van der Waals surface area contributed by atoms with Gasteiger partial charge in [-0.15, -0.1) is 0 Å². The Kier molecular flexibility index (Phi) is 7.25. The van der Waals surface area contributed by atoms with Crippen molar-refractivity contribution in [3.05, 3.63) is 53.3 Å². The third kappa shape index (κ3) is 5.90. The summed E-state index contributed by atoms with van der Waals surface area (Å²) in [5, 5.41) is 11.0. The topological polar surface area (TPSA) is 54.2 Å². The van der Waals surface area contributed by atoms with E-state index in [1.54, 1.807) is 0 Å². The van der Waals surface area contributed by atoms with Crippen LogP contribution in [0.15, 0.2) is 41.7 Å². The lowest BCUT2D eigenvalue weighted by molar-refractivity contribution is 0.537. The average molecular weight is 356 g/mol. The van der Waals surface area contributed by atoms with Crippen LogP contribution in [-0.4, -0.2) is 35.4 Å². The minimum Gasteiger partial charge on any atom is -0.357 e. The predicted molar refractivity (Wildman–Crippen MR) is 110 cm³/mol. The molecule has 0 amide bonds. The minimum absolute atomic E-state index is 0.00201. The largest absolute Gasteiger partial charge is 0.357 e. The van der Waals surface area contributed by atoms with Gasteiger partial charge in [-0.3, -0.25) is 9.67 Å². The van der Waals surface area contributed by atoms with Gasteiger partial charge in [0.15, 0.2) is 5.96 Å². The lowest BCUT2D eigenvalue weighted by Crippen LogP contribution is -2.39. The van der Waals surface area contributed by atoms with Crippen molar-refractivity contribution in [3.63, 3.8) is 0 Å². The van der Waals surface area contributed by atoms with E-state index in [-0.39, 0.29) is 5.41 Å². The van der Waals surface area contributed by atoms with Gasteiger partial charge in [0, 0.05) is 31.7 Å². The molecule has 0 saturated carbocycles. The molecule has 0 saturated heterocycles. The highest BCUT2D eigenvalue weighted by molar-refractivity contribution is 5.79. The van der Waals surface area contributed by atoms with Crippen molar-refractivity contribution in [1.82, 2.24) is 20.4 Å². The van der Waals surface area contributed by atoms with Gasteiger partial charge in [-0.1, -0.05) is 45.0 Å². The molecule has 26 heavy (non-hydrogen) atoms. The predicted octanol–water partition coefficient (Wildman–Crippen LogP) is 3.06. The van der Waals surface area contributed by atoms with Gasteiger partial charge in [0.1, 0.15) is 0 Å². The smallest absolute Gasteiger partial charge is 0.191 e. The normalized spacial score (nSPS) is 12.3. The van der Waals surface area contributed by atoms with E-state index in [2.05, 4.69) is 73.9 Å². The number of aromatic nitrogens is 2. The molecule has 2 rings (SSSR count). The van der Waals surface area contributed by atoms with E-state index in [0.29, 0.717) is 0 Å². The molecule has 1 heterocycles. The zero-order valence-corrected chi connectivity index (χ0v) is 16.8. The number of hydrogen-bond acceptors (Lipinski definition) is 2. The van der Waals surface area contributed by atoms with Crippen LogP contribution in [0.4, 0.5) is 0 Å². The standard InChI is InChI=1S/C21H33N5/c1-6-17-8-10-19(11-9-17)21(3,4)16-24-20(22-7-2)23-13-12-18-14-25-26(5)15-18/h8-11,14-15H,6-7,12-13,16H2,1-5H3,(H2,22,23,24). The van der Waals surface area contributed by atoms with Gasteiger partial charge >= 0.3 is 0 Å². The first-order valence-electron chi connectivity index (χ1n) is 9.53. The summed E-state index contributed by atoms with van der Waals surface area (Å²) in [6.07, 6.45) is 5.97. The van der Waals surface area contributed by atoms with Gasteiger partial charge in [-0.2, -0.15) is 5.10 Å². The fourth-order valence-electron chi connectivity index (χ4n) is 2.83. The number of rotatable bonds is 8. The average Bonchev–Trinajstić information content (AvgIpc) is 3.05. The van der Waals surface area contributed by atoms with Crippen LogP contribution in [-0.2, 0) is 25.3 Å². The molecule has 0 aliphatic rings. The fraction of sp³-hybridized carbons (Fsp3) is 0.524. The Labute approximate surface area is 157 Å². The van der Waals surface area contributed by atoms with E-state index in [9.17, 15) is 0 Å². The second-order valence-electron chi connectivity index (χ2n) is 7.33. The number of aryl methyl sites for hydroxylation is 2. The second-order valence-corrected chi connectivity index (χ2v) is 7.33. The summed E-state index contributed by atoms with van der Waals surface area (Å²) >= 11 is 0. The summed E-state index contributed by atoms with van der Waals surface area (Å²) in [5.74, 6) is 0.870. The summed E-state index contributed by atoms with van der Waals surface area (Å²) < 4.78 is 1.83. The van der Waals surface area contributed by atoms with E-state index < -0.39 is 0 Å². The molecule has 5 heteroatoms. The molecule has 2 aromatic rings. The van der Waals surface area contributed by atoms with Crippen LogP contribution in [0.25, 0.3) is 0 Å². The van der Waals surface area contributed by atoms with Crippen molar-refractivity contribution in [1.29, 1.82) is 0 Å². The van der Waals surface area contributed by atoms with E-state index in [4.69, 9.17) is 4.99 Å². The molecule has 0 atom stereocenters. The zero-order chi connectivity index (χ0) is 19.0. The highest BCUT2D eigenvalue weighted by atomic mass is 15.2. The Hall–Kier alpha value is -2.30. The molecule has 0 spiro atoms. The number of nitrogens with zero attached hydrogens (tertiary/aromatic N) is 3. The number of guanidine groups is 1. The van der Waals surface area contributed by atoms with E-state index in [1.165, 1.54) is 16.7 Å². The van der Waals surface area contributed by atoms with E-state index >= 15 is 0 Å². The van der Waals surface area contributed by atoms with Crippen LogP contribution in [0.3, 0.4) is 0 Å². The molecule has 1 aromatic heterocycles. The van der Waals surface area contributed by atoms with Crippen molar-refractivity contribution in [3.8, 4) is 0 Å². The Morgan fingerprint density at radius 3 is 2.42 bits per heavy atom. The minimum atomic E-state index is -0.00201. The van der Waals surface area contributed by atoms with Crippen molar-refractivity contribution < 1.29 is 0 Å². The summed E-state index contributed by atoms with van der Waals surface area (Å²) in [5.41, 5.74) is 3.92. The molecule has 0 unspecified atom stereocenters. The molecule has 2 N–H and O–H groups in total. The Morgan fingerprint density at radius 1 is 1.12 bits per heavy atom. The van der Waals surface area contributed by atoms with Crippen molar-refractivity contribution in [2.75, 3.05) is 19.6 Å². The SMILES string of the molecule is CCNC(=NCC(C)(C)c1ccc(CC)cc1)NCCc1cnn(C)c1. The van der Waals surface area contributed by atoms with Crippen LogP contribution in [0.1, 0.15) is 44.4 Å². The molecule has 0 fully saturated rings. The summed E-state index contributed by atoms with van der Waals surface area (Å²) in [6.45, 7) is 11.2. The maximum absolute atomic E-state index is 4.81. The molecular weight excluding hydrogens is 322 g/mol. The molecular formula is C21H33N5. The lowest BCUT2D eigenvalue weighted by atomic mass is 9.84. The summed E-state index contributed by atoms with van der Waals surface area (Å²) in [4.78, 5) is 4.81. The molecule has 0 radical (unpaired) electrons. The van der Waals surface area contributed by atoms with Crippen molar-refractivity contribution in [2.24, 2.45) is 12.0 Å². The highest BCUT2D eigenvalue weighted by Gasteiger charge is 2.20. The fourth-order valence-corrected chi connectivity index (χ4v) is 2.83. The van der Waals surface area contributed by atoms with Gasteiger partial charge in [-0.25, -0.2) is 0 Å². The Balaban J connectivity index is 1.94. The van der Waals surface area contributed by atoms with Gasteiger partial charge in [0.25, 0.3) is 0 Å². The third-order valence-corrected chi connectivity index (χ3v) is 4.58. The third-order valence-electron chi connectivity index (χ3n) is 4.58.